The van der Waals surface area contributed by atoms with E-state index in [0.29, 0.717) is 28.1 Å². The molecule has 1 aromatic rings. The zero-order valence-electron chi connectivity index (χ0n) is 9.25. The zero-order chi connectivity index (χ0) is 12.1. The molecule has 0 aliphatic heterocycles. The monoisotopic (exact) mass is 287 g/mol. The Balaban J connectivity index is 3.00. The van der Waals surface area contributed by atoms with E-state index < -0.39 is 5.97 Å². The first kappa shape index (κ1) is 12.8. The zero-order valence-corrected chi connectivity index (χ0v) is 10.8. The van der Waals surface area contributed by atoms with Crippen molar-refractivity contribution in [2.45, 2.75) is 13.3 Å². The summed E-state index contributed by atoms with van der Waals surface area (Å²) >= 11 is 3.27. The standard InChI is InChI=1S/C11H14BrNO3/c1-3-4-16-11(14)10-8(12)5-7(15-2)6-9(10)13/h5-6H,3-4,13H2,1-2H3. The summed E-state index contributed by atoms with van der Waals surface area (Å²) in [6, 6.07) is 3.27. The van der Waals surface area contributed by atoms with Crippen molar-refractivity contribution in [1.82, 2.24) is 0 Å². The van der Waals surface area contributed by atoms with Crippen LogP contribution in [0.5, 0.6) is 5.75 Å². The summed E-state index contributed by atoms with van der Waals surface area (Å²) in [4.78, 5) is 11.7. The molecule has 0 spiro atoms. The lowest BCUT2D eigenvalue weighted by molar-refractivity contribution is 0.0505. The van der Waals surface area contributed by atoms with Gasteiger partial charge in [0, 0.05) is 10.5 Å². The predicted octanol–water partition coefficient (Wildman–Crippen LogP) is 2.61. The Morgan fingerprint density at radius 3 is 2.69 bits per heavy atom. The van der Waals surface area contributed by atoms with E-state index in [1.807, 2.05) is 6.92 Å². The van der Waals surface area contributed by atoms with E-state index in [-0.39, 0.29) is 0 Å². The number of nitrogen functional groups attached to an aromatic ring is 1. The van der Waals surface area contributed by atoms with Gasteiger partial charge in [0.25, 0.3) is 0 Å². The molecule has 0 atom stereocenters. The second kappa shape index (κ2) is 5.75. The van der Waals surface area contributed by atoms with E-state index in [0.717, 1.165) is 6.42 Å². The summed E-state index contributed by atoms with van der Waals surface area (Å²) in [5.41, 5.74) is 6.44. The minimum atomic E-state index is -0.422. The average molecular weight is 288 g/mol. The molecule has 0 aromatic heterocycles. The van der Waals surface area contributed by atoms with Crippen LogP contribution in [0.4, 0.5) is 5.69 Å². The number of ether oxygens (including phenoxy) is 2. The minimum absolute atomic E-state index is 0.340. The Labute approximate surface area is 103 Å². The van der Waals surface area contributed by atoms with Crippen LogP contribution >= 0.6 is 15.9 Å². The third-order valence-electron chi connectivity index (χ3n) is 1.97. The van der Waals surface area contributed by atoms with Crippen molar-refractivity contribution in [1.29, 1.82) is 0 Å². The second-order valence-electron chi connectivity index (χ2n) is 3.21. The highest BCUT2D eigenvalue weighted by atomic mass is 79.9. The summed E-state index contributed by atoms with van der Waals surface area (Å²) in [6.45, 7) is 2.32. The van der Waals surface area contributed by atoms with E-state index in [1.165, 1.54) is 7.11 Å². The topological polar surface area (TPSA) is 61.5 Å². The number of benzene rings is 1. The number of hydrogen-bond acceptors (Lipinski definition) is 4. The lowest BCUT2D eigenvalue weighted by Crippen LogP contribution is -2.10. The van der Waals surface area contributed by atoms with Gasteiger partial charge in [0.1, 0.15) is 5.75 Å². The first-order valence-corrected chi connectivity index (χ1v) is 5.69. The van der Waals surface area contributed by atoms with E-state index in [9.17, 15) is 4.79 Å². The number of rotatable bonds is 4. The van der Waals surface area contributed by atoms with E-state index in [2.05, 4.69) is 15.9 Å². The number of anilines is 1. The van der Waals surface area contributed by atoms with Crippen LogP contribution in [0.15, 0.2) is 16.6 Å². The maximum atomic E-state index is 11.7. The molecule has 16 heavy (non-hydrogen) atoms. The fraction of sp³-hybridized carbons (Fsp3) is 0.364. The Bertz CT molecular complexity index is 370. The third-order valence-corrected chi connectivity index (χ3v) is 2.60. The van der Waals surface area contributed by atoms with Gasteiger partial charge in [-0.1, -0.05) is 6.92 Å². The summed E-state index contributed by atoms with van der Waals surface area (Å²) in [6.07, 6.45) is 0.777. The van der Waals surface area contributed by atoms with Crippen molar-refractivity contribution in [3.05, 3.63) is 22.2 Å². The first-order valence-electron chi connectivity index (χ1n) is 4.90. The quantitative estimate of drug-likeness (QED) is 0.683. The van der Waals surface area contributed by atoms with Gasteiger partial charge >= 0.3 is 5.97 Å². The maximum absolute atomic E-state index is 11.7. The van der Waals surface area contributed by atoms with Crippen LogP contribution in [0.2, 0.25) is 0 Å². The van der Waals surface area contributed by atoms with Crippen LogP contribution in [0.3, 0.4) is 0 Å². The molecular weight excluding hydrogens is 274 g/mol. The molecule has 0 radical (unpaired) electrons. The highest BCUT2D eigenvalue weighted by molar-refractivity contribution is 9.10. The van der Waals surface area contributed by atoms with Crippen molar-refractivity contribution in [2.75, 3.05) is 19.5 Å². The van der Waals surface area contributed by atoms with Gasteiger partial charge in [-0.25, -0.2) is 4.79 Å². The van der Waals surface area contributed by atoms with Crippen molar-refractivity contribution in [3.63, 3.8) is 0 Å². The third kappa shape index (κ3) is 2.88. The van der Waals surface area contributed by atoms with Gasteiger partial charge in [0.15, 0.2) is 0 Å². The molecule has 0 heterocycles. The van der Waals surface area contributed by atoms with Gasteiger partial charge in [0.05, 0.1) is 25.0 Å². The average Bonchev–Trinajstić information content (AvgIpc) is 2.25. The molecule has 2 N–H and O–H groups in total. The van der Waals surface area contributed by atoms with Crippen molar-refractivity contribution in [2.24, 2.45) is 0 Å². The van der Waals surface area contributed by atoms with Crippen LogP contribution < -0.4 is 10.5 Å². The van der Waals surface area contributed by atoms with E-state index >= 15 is 0 Å². The number of carbonyl (C=O) groups excluding carboxylic acids is 1. The van der Waals surface area contributed by atoms with Crippen LogP contribution in [0, 0.1) is 0 Å². The molecular formula is C11H14BrNO3. The molecule has 0 amide bonds. The summed E-state index contributed by atoms with van der Waals surface area (Å²) < 4.78 is 10.6. The molecule has 88 valence electrons. The molecule has 0 aliphatic rings. The van der Waals surface area contributed by atoms with Gasteiger partial charge in [-0.15, -0.1) is 0 Å². The van der Waals surface area contributed by atoms with Crippen LogP contribution in [0.1, 0.15) is 23.7 Å². The summed E-state index contributed by atoms with van der Waals surface area (Å²) in [7, 11) is 1.54. The smallest absolute Gasteiger partial charge is 0.341 e. The number of esters is 1. The first-order chi connectivity index (χ1) is 7.60. The van der Waals surface area contributed by atoms with Gasteiger partial charge in [-0.2, -0.15) is 0 Å². The van der Waals surface area contributed by atoms with E-state index in [1.54, 1.807) is 12.1 Å². The van der Waals surface area contributed by atoms with E-state index in [4.69, 9.17) is 15.2 Å². The SMILES string of the molecule is CCCOC(=O)c1c(N)cc(OC)cc1Br. The Hall–Kier alpha value is -1.23. The molecule has 1 rings (SSSR count). The fourth-order valence-corrected chi connectivity index (χ4v) is 1.82. The Morgan fingerprint density at radius 2 is 2.19 bits per heavy atom. The maximum Gasteiger partial charge on any atom is 0.341 e. The molecule has 0 bridgehead atoms. The van der Waals surface area contributed by atoms with Crippen molar-refractivity contribution < 1.29 is 14.3 Å². The number of halogens is 1. The number of nitrogens with two attached hydrogens (primary N) is 1. The van der Waals surface area contributed by atoms with Crippen molar-refractivity contribution >= 4 is 27.6 Å². The number of hydrogen-bond donors (Lipinski definition) is 1. The van der Waals surface area contributed by atoms with Crippen LogP contribution in [-0.2, 0) is 4.74 Å². The molecule has 4 nitrogen and oxygen atoms in total. The highest BCUT2D eigenvalue weighted by Crippen LogP contribution is 2.29. The molecule has 0 saturated heterocycles. The van der Waals surface area contributed by atoms with Crippen LogP contribution in [-0.4, -0.2) is 19.7 Å². The summed E-state index contributed by atoms with van der Waals surface area (Å²) in [5, 5.41) is 0. The normalized spacial score (nSPS) is 9.94. The molecule has 1 aromatic carbocycles. The van der Waals surface area contributed by atoms with Gasteiger partial charge in [-0.3, -0.25) is 0 Å². The number of methoxy groups -OCH3 is 1. The predicted molar refractivity (Wildman–Crippen MR) is 65.7 cm³/mol. The van der Waals surface area contributed by atoms with Crippen molar-refractivity contribution in [3.8, 4) is 5.75 Å². The highest BCUT2D eigenvalue weighted by Gasteiger charge is 2.16. The molecule has 0 fully saturated rings. The fourth-order valence-electron chi connectivity index (χ4n) is 1.20. The lowest BCUT2D eigenvalue weighted by Gasteiger charge is -2.10. The number of carbonyl (C=O) groups is 1. The molecule has 0 saturated carbocycles. The molecule has 0 unspecified atom stereocenters. The Morgan fingerprint density at radius 1 is 1.50 bits per heavy atom. The largest absolute Gasteiger partial charge is 0.497 e. The molecule has 0 aliphatic carbocycles. The van der Waals surface area contributed by atoms with Gasteiger partial charge < -0.3 is 15.2 Å². The van der Waals surface area contributed by atoms with Crippen LogP contribution in [0.25, 0.3) is 0 Å². The van der Waals surface area contributed by atoms with Gasteiger partial charge in [-0.05, 0) is 28.4 Å². The Kier molecular flexibility index (Phi) is 4.61. The molecule has 5 heteroatoms. The second-order valence-corrected chi connectivity index (χ2v) is 4.06. The minimum Gasteiger partial charge on any atom is -0.497 e. The van der Waals surface area contributed by atoms with Gasteiger partial charge in [0.2, 0.25) is 0 Å². The summed E-state index contributed by atoms with van der Waals surface area (Å²) in [5.74, 6) is 0.172. The lowest BCUT2D eigenvalue weighted by atomic mass is 10.2.